The smallest absolute Gasteiger partial charge is 0.146 e. The fourth-order valence-electron chi connectivity index (χ4n) is 0.760. The first-order valence-electron chi connectivity index (χ1n) is 3.08. The molecule has 0 bridgehead atoms. The van der Waals surface area contributed by atoms with Crippen molar-refractivity contribution < 1.29 is 4.39 Å². The number of nitrogens with two attached hydrogens (primary N) is 2. The molecule has 0 aliphatic heterocycles. The fraction of sp³-hybridized carbons (Fsp3) is 0.143. The number of halogens is 2. The number of rotatable bonds is 1. The van der Waals surface area contributed by atoms with Crippen molar-refractivity contribution in [2.24, 2.45) is 5.73 Å². The van der Waals surface area contributed by atoms with Gasteiger partial charge in [0.25, 0.3) is 0 Å². The minimum Gasteiger partial charge on any atom is -0.396 e. The summed E-state index contributed by atoms with van der Waals surface area (Å²) in [6.07, 6.45) is 0. The Morgan fingerprint density at radius 1 is 1.45 bits per heavy atom. The molecule has 1 rings (SSSR count). The summed E-state index contributed by atoms with van der Waals surface area (Å²) >= 11 is 3.21. The first-order valence-corrected chi connectivity index (χ1v) is 3.88. The van der Waals surface area contributed by atoms with Crippen molar-refractivity contribution in [2.45, 2.75) is 6.54 Å². The molecule has 0 unspecified atom stereocenters. The quantitative estimate of drug-likeness (QED) is 0.705. The van der Waals surface area contributed by atoms with E-state index in [0.717, 1.165) is 10.0 Å². The zero-order valence-corrected chi connectivity index (χ0v) is 7.36. The predicted molar refractivity (Wildman–Crippen MR) is 46.4 cm³/mol. The van der Waals surface area contributed by atoms with Crippen molar-refractivity contribution in [1.82, 2.24) is 0 Å². The molecule has 0 saturated carbocycles. The van der Waals surface area contributed by atoms with Gasteiger partial charge in [-0.05, 0) is 17.7 Å². The standard InChI is InChI=1S/C7H8BrFN2/c8-5-2-7(11)6(9)1-4(5)3-10/h1-2H,3,10-11H2. The summed E-state index contributed by atoms with van der Waals surface area (Å²) in [5.74, 6) is -0.423. The van der Waals surface area contributed by atoms with E-state index in [0.29, 0.717) is 6.54 Å². The highest BCUT2D eigenvalue weighted by atomic mass is 79.9. The third-order valence-corrected chi connectivity index (χ3v) is 2.12. The topological polar surface area (TPSA) is 52.0 Å². The van der Waals surface area contributed by atoms with Crippen LogP contribution in [-0.2, 0) is 6.54 Å². The van der Waals surface area contributed by atoms with E-state index in [-0.39, 0.29) is 5.69 Å². The third kappa shape index (κ3) is 1.70. The molecule has 4 N–H and O–H groups in total. The molecule has 11 heavy (non-hydrogen) atoms. The molecule has 0 radical (unpaired) electrons. The second-order valence-electron chi connectivity index (χ2n) is 2.17. The van der Waals surface area contributed by atoms with Gasteiger partial charge < -0.3 is 11.5 Å². The van der Waals surface area contributed by atoms with Crippen LogP contribution in [-0.4, -0.2) is 0 Å². The highest BCUT2D eigenvalue weighted by Crippen LogP contribution is 2.22. The van der Waals surface area contributed by atoms with Crippen molar-refractivity contribution in [2.75, 3.05) is 5.73 Å². The van der Waals surface area contributed by atoms with Gasteiger partial charge in [0.2, 0.25) is 0 Å². The van der Waals surface area contributed by atoms with E-state index in [1.54, 1.807) is 0 Å². The molecular formula is C7H8BrFN2. The fourth-order valence-corrected chi connectivity index (χ4v) is 1.28. The lowest BCUT2D eigenvalue weighted by Gasteiger charge is -2.02. The lowest BCUT2D eigenvalue weighted by molar-refractivity contribution is 0.630. The van der Waals surface area contributed by atoms with Gasteiger partial charge in [-0.25, -0.2) is 4.39 Å². The Labute approximate surface area is 72.5 Å². The number of benzene rings is 1. The van der Waals surface area contributed by atoms with Crippen LogP contribution in [0.15, 0.2) is 16.6 Å². The van der Waals surface area contributed by atoms with E-state index >= 15 is 0 Å². The van der Waals surface area contributed by atoms with E-state index in [9.17, 15) is 4.39 Å². The maximum Gasteiger partial charge on any atom is 0.146 e. The molecule has 0 amide bonds. The second kappa shape index (κ2) is 3.19. The summed E-state index contributed by atoms with van der Waals surface area (Å²) in [4.78, 5) is 0. The summed E-state index contributed by atoms with van der Waals surface area (Å²) in [5, 5.41) is 0. The van der Waals surface area contributed by atoms with Gasteiger partial charge in [-0.1, -0.05) is 15.9 Å². The van der Waals surface area contributed by atoms with E-state index in [1.807, 2.05) is 0 Å². The monoisotopic (exact) mass is 218 g/mol. The van der Waals surface area contributed by atoms with Gasteiger partial charge in [0.05, 0.1) is 5.69 Å². The first kappa shape index (κ1) is 8.49. The van der Waals surface area contributed by atoms with E-state index in [1.165, 1.54) is 12.1 Å². The van der Waals surface area contributed by atoms with Crippen LogP contribution in [0.25, 0.3) is 0 Å². The van der Waals surface area contributed by atoms with E-state index in [4.69, 9.17) is 11.5 Å². The molecule has 2 nitrogen and oxygen atoms in total. The molecule has 0 spiro atoms. The normalized spacial score (nSPS) is 10.1. The van der Waals surface area contributed by atoms with E-state index in [2.05, 4.69) is 15.9 Å². The average molecular weight is 219 g/mol. The van der Waals surface area contributed by atoms with Gasteiger partial charge in [-0.2, -0.15) is 0 Å². The lowest BCUT2D eigenvalue weighted by atomic mass is 10.2. The highest BCUT2D eigenvalue weighted by Gasteiger charge is 2.03. The molecule has 1 aromatic rings. The minimum absolute atomic E-state index is 0.133. The van der Waals surface area contributed by atoms with Gasteiger partial charge >= 0.3 is 0 Å². The SMILES string of the molecule is NCc1cc(F)c(N)cc1Br. The summed E-state index contributed by atoms with van der Waals surface area (Å²) in [6, 6.07) is 2.84. The van der Waals surface area contributed by atoms with Gasteiger partial charge in [0.15, 0.2) is 0 Å². The third-order valence-electron chi connectivity index (χ3n) is 1.39. The van der Waals surface area contributed by atoms with Crippen LogP contribution >= 0.6 is 15.9 Å². The molecule has 0 atom stereocenters. The average Bonchev–Trinajstić information content (AvgIpc) is 1.97. The first-order chi connectivity index (χ1) is 5.15. The summed E-state index contributed by atoms with van der Waals surface area (Å²) in [6.45, 7) is 0.303. The molecule has 0 fully saturated rings. The zero-order chi connectivity index (χ0) is 8.43. The molecule has 0 aliphatic rings. The minimum atomic E-state index is -0.423. The summed E-state index contributed by atoms with van der Waals surface area (Å²) in [5.41, 5.74) is 11.5. The van der Waals surface area contributed by atoms with Crippen molar-refractivity contribution >= 4 is 21.6 Å². The van der Waals surface area contributed by atoms with Crippen LogP contribution in [0.2, 0.25) is 0 Å². The van der Waals surface area contributed by atoms with Gasteiger partial charge in [-0.3, -0.25) is 0 Å². The maximum absolute atomic E-state index is 12.7. The number of hydrogen-bond acceptors (Lipinski definition) is 2. The van der Waals surface area contributed by atoms with Gasteiger partial charge in [0, 0.05) is 11.0 Å². The molecular weight excluding hydrogens is 211 g/mol. The Balaban J connectivity index is 3.21. The van der Waals surface area contributed by atoms with Crippen molar-refractivity contribution in [3.05, 3.63) is 28.0 Å². The zero-order valence-electron chi connectivity index (χ0n) is 5.77. The Kier molecular flexibility index (Phi) is 2.46. The molecule has 0 saturated heterocycles. The van der Waals surface area contributed by atoms with Crippen LogP contribution in [0.4, 0.5) is 10.1 Å². The van der Waals surface area contributed by atoms with Crippen molar-refractivity contribution in [3.8, 4) is 0 Å². The molecule has 0 aromatic heterocycles. The highest BCUT2D eigenvalue weighted by molar-refractivity contribution is 9.10. The van der Waals surface area contributed by atoms with Gasteiger partial charge in [0.1, 0.15) is 5.82 Å². The van der Waals surface area contributed by atoms with Crippen LogP contribution in [0, 0.1) is 5.82 Å². The number of hydrogen-bond donors (Lipinski definition) is 2. The Morgan fingerprint density at radius 3 is 2.64 bits per heavy atom. The van der Waals surface area contributed by atoms with Crippen LogP contribution in [0.3, 0.4) is 0 Å². The molecule has 0 aliphatic carbocycles. The largest absolute Gasteiger partial charge is 0.396 e. The van der Waals surface area contributed by atoms with E-state index < -0.39 is 5.82 Å². The maximum atomic E-state index is 12.7. The Hall–Kier alpha value is -0.610. The van der Waals surface area contributed by atoms with Crippen LogP contribution in [0.5, 0.6) is 0 Å². The number of nitrogen functional groups attached to an aromatic ring is 1. The van der Waals surface area contributed by atoms with Crippen LogP contribution < -0.4 is 11.5 Å². The van der Waals surface area contributed by atoms with Crippen molar-refractivity contribution in [3.63, 3.8) is 0 Å². The Bertz CT molecular complexity index is 275. The molecule has 60 valence electrons. The van der Waals surface area contributed by atoms with Crippen LogP contribution in [0.1, 0.15) is 5.56 Å². The summed E-state index contributed by atoms with van der Waals surface area (Å²) in [7, 11) is 0. The lowest BCUT2D eigenvalue weighted by Crippen LogP contribution is -2.00. The summed E-state index contributed by atoms with van der Waals surface area (Å²) < 4.78 is 13.5. The van der Waals surface area contributed by atoms with Gasteiger partial charge in [-0.15, -0.1) is 0 Å². The van der Waals surface area contributed by atoms with Crippen molar-refractivity contribution in [1.29, 1.82) is 0 Å². The Morgan fingerprint density at radius 2 is 2.09 bits per heavy atom. The molecule has 1 aromatic carbocycles. The number of anilines is 1. The second-order valence-corrected chi connectivity index (χ2v) is 3.02. The predicted octanol–water partition coefficient (Wildman–Crippen LogP) is 1.63. The molecule has 4 heteroatoms. The molecule has 0 heterocycles.